The van der Waals surface area contributed by atoms with E-state index in [1.54, 1.807) is 0 Å². The molecule has 0 bridgehead atoms. The average Bonchev–Trinajstić information content (AvgIpc) is 2.80. The number of ether oxygens (including phenoxy) is 2. The zero-order valence-corrected chi connectivity index (χ0v) is 12.0. The Hall–Kier alpha value is -0.970. The molecule has 0 aliphatic carbocycles. The highest BCUT2D eigenvalue weighted by Crippen LogP contribution is 2.22. The van der Waals surface area contributed by atoms with Gasteiger partial charge in [-0.1, -0.05) is 0 Å². The molecule has 0 N–H and O–H groups in total. The van der Waals surface area contributed by atoms with Gasteiger partial charge in [0.1, 0.15) is 0 Å². The minimum absolute atomic E-state index is 0.382. The van der Waals surface area contributed by atoms with Crippen molar-refractivity contribution in [1.82, 2.24) is 9.88 Å². The second-order valence-electron chi connectivity index (χ2n) is 5.77. The smallest absolute Gasteiger partial charge is 0.0722 e. The molecule has 20 heavy (non-hydrogen) atoms. The topological polar surface area (TPSA) is 34.6 Å². The summed E-state index contributed by atoms with van der Waals surface area (Å²) < 4.78 is 11.6. The fourth-order valence-electron chi connectivity index (χ4n) is 3.17. The molecular weight excluding hydrogens is 252 g/mol. The van der Waals surface area contributed by atoms with E-state index in [4.69, 9.17) is 9.47 Å². The second kappa shape index (κ2) is 7.16. The molecule has 2 saturated heterocycles. The number of hydrogen-bond donors (Lipinski definition) is 0. The number of nitrogens with zero attached hydrogens (tertiary/aromatic N) is 2. The number of hydrogen-bond acceptors (Lipinski definition) is 4. The maximum absolute atomic E-state index is 6.04. The minimum Gasteiger partial charge on any atom is -0.381 e. The van der Waals surface area contributed by atoms with Crippen LogP contribution in [-0.2, 0) is 16.1 Å². The molecule has 4 nitrogen and oxygen atoms in total. The zero-order valence-electron chi connectivity index (χ0n) is 12.0. The lowest BCUT2D eigenvalue weighted by atomic mass is 10.1. The number of pyridine rings is 1. The molecule has 4 heteroatoms. The van der Waals surface area contributed by atoms with Crippen molar-refractivity contribution >= 4 is 0 Å². The molecule has 110 valence electrons. The van der Waals surface area contributed by atoms with Crippen molar-refractivity contribution in [3.63, 3.8) is 0 Å². The van der Waals surface area contributed by atoms with Gasteiger partial charge in [0.15, 0.2) is 0 Å². The van der Waals surface area contributed by atoms with Gasteiger partial charge in [-0.3, -0.25) is 9.88 Å². The molecule has 2 atom stereocenters. The molecule has 3 heterocycles. The van der Waals surface area contributed by atoms with E-state index >= 15 is 0 Å². The van der Waals surface area contributed by atoms with Crippen LogP contribution < -0.4 is 0 Å². The standard InChI is InChI=1S/C16H24N2O2/c1-2-15(6-11-19-10-1)18-9-5-16(12-18)20-13-14-3-7-17-8-4-14/h3-4,7-8,15-16H,1-2,5-6,9-13H2. The third-order valence-corrected chi connectivity index (χ3v) is 4.35. The maximum Gasteiger partial charge on any atom is 0.0722 e. The second-order valence-corrected chi connectivity index (χ2v) is 5.77. The molecule has 2 unspecified atom stereocenters. The Morgan fingerprint density at radius 1 is 1.20 bits per heavy atom. The van der Waals surface area contributed by atoms with Crippen LogP contribution in [0.25, 0.3) is 0 Å². The highest BCUT2D eigenvalue weighted by Gasteiger charge is 2.29. The Morgan fingerprint density at radius 3 is 3.00 bits per heavy atom. The summed E-state index contributed by atoms with van der Waals surface area (Å²) >= 11 is 0. The molecule has 2 aliphatic rings. The molecule has 1 aromatic rings. The van der Waals surface area contributed by atoms with Gasteiger partial charge in [0.25, 0.3) is 0 Å². The molecule has 3 rings (SSSR count). The molecule has 0 spiro atoms. The van der Waals surface area contributed by atoms with Crippen LogP contribution in [0, 0.1) is 0 Å². The third-order valence-electron chi connectivity index (χ3n) is 4.35. The Bertz CT molecular complexity index is 391. The van der Waals surface area contributed by atoms with E-state index in [-0.39, 0.29) is 0 Å². The van der Waals surface area contributed by atoms with Crippen molar-refractivity contribution in [1.29, 1.82) is 0 Å². The number of rotatable bonds is 4. The van der Waals surface area contributed by atoms with Crippen molar-refractivity contribution in [3.8, 4) is 0 Å². The van der Waals surface area contributed by atoms with Gasteiger partial charge in [0.05, 0.1) is 12.7 Å². The van der Waals surface area contributed by atoms with Gasteiger partial charge in [0.2, 0.25) is 0 Å². The van der Waals surface area contributed by atoms with Gasteiger partial charge >= 0.3 is 0 Å². The van der Waals surface area contributed by atoms with Crippen LogP contribution in [0.5, 0.6) is 0 Å². The molecule has 0 amide bonds. The van der Waals surface area contributed by atoms with Crippen molar-refractivity contribution in [2.24, 2.45) is 0 Å². The lowest BCUT2D eigenvalue weighted by Gasteiger charge is -2.26. The van der Waals surface area contributed by atoms with E-state index in [1.165, 1.54) is 31.4 Å². The summed E-state index contributed by atoms with van der Waals surface area (Å²) in [5.74, 6) is 0. The molecule has 0 aromatic carbocycles. The zero-order chi connectivity index (χ0) is 13.6. The van der Waals surface area contributed by atoms with E-state index in [9.17, 15) is 0 Å². The number of aromatic nitrogens is 1. The summed E-state index contributed by atoms with van der Waals surface area (Å²) in [5, 5.41) is 0. The maximum atomic E-state index is 6.04. The van der Waals surface area contributed by atoms with E-state index in [0.29, 0.717) is 18.8 Å². The minimum atomic E-state index is 0.382. The monoisotopic (exact) mass is 276 g/mol. The summed E-state index contributed by atoms with van der Waals surface area (Å²) in [6.45, 7) is 4.81. The SMILES string of the molecule is c1cc(COC2CCN(C3CCCOCC3)C2)ccn1. The first-order valence-corrected chi connectivity index (χ1v) is 7.74. The van der Waals surface area contributed by atoms with Gasteiger partial charge in [-0.2, -0.15) is 0 Å². The molecule has 2 fully saturated rings. The summed E-state index contributed by atoms with van der Waals surface area (Å²) in [7, 11) is 0. The number of likely N-dealkylation sites (tertiary alicyclic amines) is 1. The van der Waals surface area contributed by atoms with Crippen LogP contribution in [0.2, 0.25) is 0 Å². The van der Waals surface area contributed by atoms with Gasteiger partial charge < -0.3 is 9.47 Å². The molecule has 0 saturated carbocycles. The van der Waals surface area contributed by atoms with E-state index in [2.05, 4.69) is 9.88 Å². The van der Waals surface area contributed by atoms with E-state index in [1.807, 2.05) is 24.5 Å². The van der Waals surface area contributed by atoms with Crippen LogP contribution in [0.3, 0.4) is 0 Å². The van der Waals surface area contributed by atoms with Crippen molar-refractivity contribution in [3.05, 3.63) is 30.1 Å². The Balaban J connectivity index is 1.44. The molecular formula is C16H24N2O2. The van der Waals surface area contributed by atoms with Crippen LogP contribution in [0.15, 0.2) is 24.5 Å². The van der Waals surface area contributed by atoms with Crippen molar-refractivity contribution in [2.45, 2.75) is 44.4 Å². The fraction of sp³-hybridized carbons (Fsp3) is 0.688. The van der Waals surface area contributed by atoms with E-state index in [0.717, 1.165) is 26.2 Å². The highest BCUT2D eigenvalue weighted by molar-refractivity contribution is 5.08. The first-order valence-electron chi connectivity index (χ1n) is 7.74. The predicted molar refractivity (Wildman–Crippen MR) is 77.5 cm³/mol. The van der Waals surface area contributed by atoms with Crippen LogP contribution in [0.4, 0.5) is 0 Å². The van der Waals surface area contributed by atoms with Crippen molar-refractivity contribution in [2.75, 3.05) is 26.3 Å². The first-order chi connectivity index (χ1) is 9.92. The average molecular weight is 276 g/mol. The summed E-state index contributed by atoms with van der Waals surface area (Å²) in [5.41, 5.74) is 1.21. The van der Waals surface area contributed by atoms with Crippen LogP contribution >= 0.6 is 0 Å². The summed E-state index contributed by atoms with van der Waals surface area (Å²) in [6.07, 6.45) is 8.84. The van der Waals surface area contributed by atoms with Crippen LogP contribution in [-0.4, -0.2) is 48.3 Å². The van der Waals surface area contributed by atoms with Gasteiger partial charge in [-0.15, -0.1) is 0 Å². The lowest BCUT2D eigenvalue weighted by Crippen LogP contribution is -2.34. The first kappa shape index (κ1) is 14.0. The summed E-state index contributed by atoms with van der Waals surface area (Å²) in [4.78, 5) is 6.63. The Morgan fingerprint density at radius 2 is 2.10 bits per heavy atom. The van der Waals surface area contributed by atoms with Crippen LogP contribution in [0.1, 0.15) is 31.2 Å². The Labute approximate surface area is 121 Å². The summed E-state index contributed by atoms with van der Waals surface area (Å²) in [6, 6.07) is 4.75. The third kappa shape index (κ3) is 3.78. The van der Waals surface area contributed by atoms with Gasteiger partial charge in [-0.25, -0.2) is 0 Å². The molecule has 2 aliphatic heterocycles. The Kier molecular flexibility index (Phi) is 5.01. The molecule has 1 aromatic heterocycles. The fourth-order valence-corrected chi connectivity index (χ4v) is 3.17. The van der Waals surface area contributed by atoms with Gasteiger partial charge in [0, 0.05) is 44.7 Å². The normalized spacial score (nSPS) is 28.4. The molecule has 0 radical (unpaired) electrons. The lowest BCUT2D eigenvalue weighted by molar-refractivity contribution is 0.0418. The van der Waals surface area contributed by atoms with E-state index < -0.39 is 0 Å². The largest absolute Gasteiger partial charge is 0.381 e. The van der Waals surface area contributed by atoms with Crippen molar-refractivity contribution < 1.29 is 9.47 Å². The highest BCUT2D eigenvalue weighted by atomic mass is 16.5. The van der Waals surface area contributed by atoms with Gasteiger partial charge in [-0.05, 0) is 43.4 Å². The predicted octanol–water partition coefficient (Wildman–Crippen LogP) is 2.24. The quantitative estimate of drug-likeness (QED) is 0.845.